The third-order valence-corrected chi connectivity index (χ3v) is 7.44. The SMILES string of the molecule is CS(=O)(=O)CCN(C(=O)c1cc(C(F)(F)F)cc(S(C)(=O)=O)c1)c1cnccc1-c1ccccc1Cl. The molecule has 0 bridgehead atoms. The molecule has 0 N–H and O–H groups in total. The van der Waals surface area contributed by atoms with E-state index in [1.807, 2.05) is 0 Å². The van der Waals surface area contributed by atoms with Crippen molar-refractivity contribution >= 4 is 42.9 Å². The van der Waals surface area contributed by atoms with E-state index >= 15 is 0 Å². The molecule has 0 atom stereocenters. The monoisotopic (exact) mass is 560 g/mol. The number of amides is 1. The van der Waals surface area contributed by atoms with Crippen molar-refractivity contribution in [3.8, 4) is 11.1 Å². The molecule has 0 aliphatic rings. The summed E-state index contributed by atoms with van der Waals surface area (Å²) in [6, 6.07) is 9.90. The first-order valence-corrected chi connectivity index (χ1v) is 14.5. The van der Waals surface area contributed by atoms with Gasteiger partial charge in [-0.15, -0.1) is 0 Å². The zero-order chi connectivity index (χ0) is 26.9. The van der Waals surface area contributed by atoms with Crippen LogP contribution in [0.2, 0.25) is 5.02 Å². The third-order valence-electron chi connectivity index (χ3n) is 5.09. The molecule has 13 heteroatoms. The van der Waals surface area contributed by atoms with Crippen molar-refractivity contribution in [2.75, 3.05) is 29.7 Å². The Morgan fingerprint density at radius 3 is 2.25 bits per heavy atom. The normalized spacial score (nSPS) is 12.4. The predicted octanol–water partition coefficient (Wildman–Crippen LogP) is 4.52. The number of halogens is 4. The molecule has 0 unspecified atom stereocenters. The first-order valence-electron chi connectivity index (χ1n) is 10.2. The van der Waals surface area contributed by atoms with Gasteiger partial charge in [-0.2, -0.15) is 13.2 Å². The lowest BCUT2D eigenvalue weighted by atomic mass is 10.0. The highest BCUT2D eigenvalue weighted by atomic mass is 35.5. The lowest BCUT2D eigenvalue weighted by molar-refractivity contribution is -0.137. The highest BCUT2D eigenvalue weighted by molar-refractivity contribution is 7.91. The molecule has 0 aliphatic heterocycles. The van der Waals surface area contributed by atoms with Crippen LogP contribution in [-0.2, 0) is 25.9 Å². The van der Waals surface area contributed by atoms with E-state index in [2.05, 4.69) is 4.98 Å². The molecule has 0 spiro atoms. The minimum atomic E-state index is -4.94. The number of hydrogen-bond acceptors (Lipinski definition) is 6. The van der Waals surface area contributed by atoms with Crippen LogP contribution in [-0.4, -0.2) is 52.5 Å². The van der Waals surface area contributed by atoms with Crippen molar-refractivity contribution in [2.45, 2.75) is 11.1 Å². The summed E-state index contributed by atoms with van der Waals surface area (Å²) >= 11 is 6.31. The van der Waals surface area contributed by atoms with Crippen LogP contribution >= 0.6 is 11.6 Å². The molecule has 1 heterocycles. The van der Waals surface area contributed by atoms with Gasteiger partial charge in [-0.1, -0.05) is 29.8 Å². The van der Waals surface area contributed by atoms with E-state index in [0.717, 1.165) is 23.5 Å². The fourth-order valence-electron chi connectivity index (χ4n) is 3.35. The van der Waals surface area contributed by atoms with E-state index in [0.29, 0.717) is 28.3 Å². The average Bonchev–Trinajstić information content (AvgIpc) is 2.77. The Kier molecular flexibility index (Phi) is 7.82. The molecule has 0 radical (unpaired) electrons. The Morgan fingerprint density at radius 1 is 1.00 bits per heavy atom. The highest BCUT2D eigenvalue weighted by Gasteiger charge is 2.34. The molecular formula is C23H20ClF3N2O5S2. The predicted molar refractivity (Wildman–Crippen MR) is 131 cm³/mol. The summed E-state index contributed by atoms with van der Waals surface area (Å²) in [5.74, 6) is -1.57. The fourth-order valence-corrected chi connectivity index (χ4v) is 4.79. The van der Waals surface area contributed by atoms with Crippen LogP contribution in [0.1, 0.15) is 15.9 Å². The van der Waals surface area contributed by atoms with Crippen LogP contribution in [0.25, 0.3) is 11.1 Å². The molecule has 2 aromatic carbocycles. The van der Waals surface area contributed by atoms with Gasteiger partial charge in [0.2, 0.25) is 0 Å². The largest absolute Gasteiger partial charge is 0.416 e. The first-order chi connectivity index (χ1) is 16.6. The van der Waals surface area contributed by atoms with Gasteiger partial charge in [-0.25, -0.2) is 16.8 Å². The standard InChI is InChI=1S/C23H20ClF3N2O5S2/c1-35(31,32)10-9-29(21-14-28-8-7-19(21)18-5-3-4-6-20(18)24)22(30)15-11-16(23(25,26)27)13-17(12-15)36(2,33)34/h3-8,11-14H,9-10H2,1-2H3. The quantitative estimate of drug-likeness (QED) is 0.421. The van der Waals surface area contributed by atoms with Gasteiger partial charge >= 0.3 is 6.18 Å². The maximum atomic E-state index is 13.6. The van der Waals surface area contributed by atoms with Gasteiger partial charge in [0.15, 0.2) is 9.84 Å². The number of benzene rings is 2. The Balaban J connectivity index is 2.24. The van der Waals surface area contributed by atoms with Crippen molar-refractivity contribution < 1.29 is 34.8 Å². The van der Waals surface area contributed by atoms with Crippen LogP contribution in [0.4, 0.5) is 18.9 Å². The Hall–Kier alpha value is -2.96. The smallest absolute Gasteiger partial charge is 0.305 e. The third kappa shape index (κ3) is 6.62. The Morgan fingerprint density at radius 2 is 1.67 bits per heavy atom. The summed E-state index contributed by atoms with van der Waals surface area (Å²) in [6.07, 6.45) is -0.615. The number of rotatable bonds is 7. The van der Waals surface area contributed by atoms with Crippen LogP contribution in [0.5, 0.6) is 0 Å². The molecule has 0 aliphatic carbocycles. The molecule has 3 aromatic rings. The number of sulfone groups is 2. The highest BCUT2D eigenvalue weighted by Crippen LogP contribution is 2.36. The molecule has 7 nitrogen and oxygen atoms in total. The summed E-state index contributed by atoms with van der Waals surface area (Å²) in [4.78, 5) is 17.8. The number of aromatic nitrogens is 1. The Labute approximate surface area is 211 Å². The van der Waals surface area contributed by atoms with E-state index in [4.69, 9.17) is 11.6 Å². The van der Waals surface area contributed by atoms with E-state index in [1.165, 1.54) is 18.5 Å². The number of carbonyl (C=O) groups excluding carboxylic acids is 1. The van der Waals surface area contributed by atoms with Crippen LogP contribution < -0.4 is 4.90 Å². The van der Waals surface area contributed by atoms with Gasteiger partial charge in [-0.3, -0.25) is 9.78 Å². The van der Waals surface area contributed by atoms with Crippen molar-refractivity contribution in [3.63, 3.8) is 0 Å². The van der Waals surface area contributed by atoms with Crippen molar-refractivity contribution in [1.82, 2.24) is 4.98 Å². The zero-order valence-electron chi connectivity index (χ0n) is 19.0. The van der Waals surface area contributed by atoms with E-state index in [9.17, 15) is 34.8 Å². The van der Waals surface area contributed by atoms with Crippen LogP contribution in [0.15, 0.2) is 65.8 Å². The summed E-state index contributed by atoms with van der Waals surface area (Å²) in [6.45, 7) is -0.439. The number of nitrogens with zero attached hydrogens (tertiary/aromatic N) is 2. The van der Waals surface area contributed by atoms with Crippen molar-refractivity contribution in [3.05, 3.63) is 77.1 Å². The molecule has 3 rings (SSSR count). The second-order valence-electron chi connectivity index (χ2n) is 7.98. The van der Waals surface area contributed by atoms with Crippen molar-refractivity contribution in [2.24, 2.45) is 0 Å². The van der Waals surface area contributed by atoms with E-state index < -0.39 is 60.1 Å². The zero-order valence-corrected chi connectivity index (χ0v) is 21.3. The van der Waals surface area contributed by atoms with Crippen LogP contribution in [0.3, 0.4) is 0 Å². The van der Waals surface area contributed by atoms with Crippen molar-refractivity contribution in [1.29, 1.82) is 0 Å². The maximum Gasteiger partial charge on any atom is 0.416 e. The number of carbonyl (C=O) groups is 1. The minimum absolute atomic E-state index is 0.0811. The summed E-state index contributed by atoms with van der Waals surface area (Å²) in [5.41, 5.74) is -1.01. The van der Waals surface area contributed by atoms with Gasteiger partial charge in [0.25, 0.3) is 5.91 Å². The first kappa shape index (κ1) is 27.6. The second-order valence-corrected chi connectivity index (χ2v) is 12.7. The molecule has 0 fully saturated rings. The Bertz CT molecular complexity index is 1520. The topological polar surface area (TPSA) is 101 Å². The van der Waals surface area contributed by atoms with Gasteiger partial charge in [0.1, 0.15) is 9.84 Å². The van der Waals surface area contributed by atoms with E-state index in [-0.39, 0.29) is 5.69 Å². The lowest BCUT2D eigenvalue weighted by Crippen LogP contribution is -2.36. The molecule has 0 saturated heterocycles. The average molecular weight is 561 g/mol. The van der Waals surface area contributed by atoms with Crippen LogP contribution in [0, 0.1) is 0 Å². The molecule has 1 aromatic heterocycles. The molecular weight excluding hydrogens is 541 g/mol. The fraction of sp³-hybridized carbons (Fsp3) is 0.217. The summed E-state index contributed by atoms with van der Waals surface area (Å²) in [5, 5.41) is 0.305. The second kappa shape index (κ2) is 10.2. The van der Waals surface area contributed by atoms with Gasteiger partial charge in [-0.05, 0) is 30.3 Å². The number of alkyl halides is 3. The molecule has 0 saturated carbocycles. The molecule has 192 valence electrons. The lowest BCUT2D eigenvalue weighted by Gasteiger charge is -2.26. The summed E-state index contributed by atoms with van der Waals surface area (Å²) in [7, 11) is -7.73. The van der Waals surface area contributed by atoms with Gasteiger partial charge in [0.05, 0.1) is 28.1 Å². The van der Waals surface area contributed by atoms with E-state index in [1.54, 1.807) is 24.3 Å². The maximum absolute atomic E-state index is 13.6. The minimum Gasteiger partial charge on any atom is -0.305 e. The van der Waals surface area contributed by atoms with Gasteiger partial charge in [0, 0.05) is 47.0 Å². The summed E-state index contributed by atoms with van der Waals surface area (Å²) < 4.78 is 88.5. The number of pyridine rings is 1. The number of anilines is 1. The molecule has 1 amide bonds. The number of hydrogen-bond donors (Lipinski definition) is 0. The molecule has 36 heavy (non-hydrogen) atoms. The van der Waals surface area contributed by atoms with Gasteiger partial charge < -0.3 is 4.90 Å².